The van der Waals surface area contributed by atoms with Crippen LogP contribution in [0.25, 0.3) is 5.65 Å². The molecule has 0 saturated heterocycles. The van der Waals surface area contributed by atoms with Gasteiger partial charge >= 0.3 is 0 Å². The Morgan fingerprint density at radius 3 is 2.81 bits per heavy atom. The Hall–Kier alpha value is -2.96. The molecule has 0 spiro atoms. The van der Waals surface area contributed by atoms with Crippen molar-refractivity contribution < 1.29 is 4.79 Å². The first-order valence-corrected chi connectivity index (χ1v) is 8.84. The number of carbonyl (C=O) groups is 1. The number of aryl methyl sites for hydroxylation is 1. The van der Waals surface area contributed by atoms with E-state index in [1.807, 2.05) is 39.1 Å². The zero-order chi connectivity index (χ0) is 18.3. The van der Waals surface area contributed by atoms with E-state index in [1.165, 1.54) is 0 Å². The molecule has 26 heavy (non-hydrogen) atoms. The zero-order valence-corrected chi connectivity index (χ0v) is 15.2. The Bertz CT molecular complexity index is 960. The molecule has 0 saturated carbocycles. The predicted octanol–water partition coefficient (Wildman–Crippen LogP) is 2.40. The fourth-order valence-corrected chi connectivity index (χ4v) is 3.43. The van der Waals surface area contributed by atoms with Gasteiger partial charge in [-0.3, -0.25) is 4.79 Å². The van der Waals surface area contributed by atoms with Crippen LogP contribution in [0, 0.1) is 6.92 Å². The van der Waals surface area contributed by atoms with Crippen LogP contribution in [-0.2, 0) is 11.3 Å². The molecule has 0 aromatic carbocycles. The van der Waals surface area contributed by atoms with Gasteiger partial charge in [0.25, 0.3) is 0 Å². The molecule has 0 bridgehead atoms. The molecule has 134 valence electrons. The van der Waals surface area contributed by atoms with E-state index in [-0.39, 0.29) is 17.9 Å². The number of imidazole rings is 1. The zero-order valence-electron chi connectivity index (χ0n) is 15.2. The second kappa shape index (κ2) is 6.40. The van der Waals surface area contributed by atoms with Crippen LogP contribution >= 0.6 is 0 Å². The van der Waals surface area contributed by atoms with Crippen LogP contribution in [0.5, 0.6) is 0 Å². The molecule has 1 aliphatic rings. The summed E-state index contributed by atoms with van der Waals surface area (Å²) in [6.07, 6.45) is 5.97. The molecule has 2 N–H and O–H groups in total. The van der Waals surface area contributed by atoms with Crippen molar-refractivity contribution in [3.8, 4) is 0 Å². The molecular weight excluding hydrogens is 328 g/mol. The average molecular weight is 350 g/mol. The number of anilines is 1. The number of pyridine rings is 1. The summed E-state index contributed by atoms with van der Waals surface area (Å²) in [5, 5.41) is 6.14. The smallest absolute Gasteiger partial charge is 0.222 e. The number of nitrogens with zero attached hydrogens (tertiary/aromatic N) is 4. The van der Waals surface area contributed by atoms with Crippen molar-refractivity contribution in [1.29, 1.82) is 0 Å². The van der Waals surface area contributed by atoms with E-state index in [0.717, 1.165) is 28.2 Å². The molecule has 0 aliphatic carbocycles. The minimum Gasteiger partial charge on any atom is -0.352 e. The van der Waals surface area contributed by atoms with Gasteiger partial charge in [-0.1, -0.05) is 6.07 Å². The predicted molar refractivity (Wildman–Crippen MR) is 99.0 cm³/mol. The summed E-state index contributed by atoms with van der Waals surface area (Å²) in [7, 11) is 0. The first kappa shape index (κ1) is 16.5. The highest BCUT2D eigenvalue weighted by Gasteiger charge is 2.29. The van der Waals surface area contributed by atoms with Gasteiger partial charge in [-0.15, -0.1) is 0 Å². The van der Waals surface area contributed by atoms with Crippen LogP contribution in [-0.4, -0.2) is 31.3 Å². The van der Waals surface area contributed by atoms with Gasteiger partial charge in [-0.25, -0.2) is 15.0 Å². The Kier molecular flexibility index (Phi) is 4.06. The number of aromatic nitrogens is 4. The lowest BCUT2D eigenvalue weighted by Crippen LogP contribution is -2.21. The third-order valence-electron chi connectivity index (χ3n) is 4.62. The number of nitrogens with one attached hydrogen (secondary N) is 2. The van der Waals surface area contributed by atoms with Gasteiger partial charge in [0.1, 0.15) is 5.65 Å². The monoisotopic (exact) mass is 350 g/mol. The summed E-state index contributed by atoms with van der Waals surface area (Å²) >= 11 is 0. The van der Waals surface area contributed by atoms with E-state index in [9.17, 15) is 4.79 Å². The summed E-state index contributed by atoms with van der Waals surface area (Å²) in [6.45, 7) is 6.57. The molecule has 3 aromatic rings. The molecule has 0 radical (unpaired) electrons. The summed E-state index contributed by atoms with van der Waals surface area (Å²) in [6, 6.07) is 4.32. The molecule has 1 atom stereocenters. The van der Waals surface area contributed by atoms with E-state index in [4.69, 9.17) is 4.98 Å². The van der Waals surface area contributed by atoms with E-state index in [2.05, 4.69) is 25.0 Å². The topological polar surface area (TPSA) is 84.2 Å². The quantitative estimate of drug-likeness (QED) is 0.758. The minimum absolute atomic E-state index is 0.0128. The Labute approximate surface area is 151 Å². The lowest BCUT2D eigenvalue weighted by atomic mass is 9.94. The molecule has 1 amide bonds. The fraction of sp³-hybridized carbons (Fsp3) is 0.368. The molecule has 0 unspecified atom stereocenters. The summed E-state index contributed by atoms with van der Waals surface area (Å²) in [5.74, 6) is 0.479. The van der Waals surface area contributed by atoms with Crippen LogP contribution in [0.4, 0.5) is 5.95 Å². The number of amides is 1. The maximum Gasteiger partial charge on any atom is 0.222 e. The van der Waals surface area contributed by atoms with Crippen LogP contribution in [0.1, 0.15) is 48.7 Å². The summed E-state index contributed by atoms with van der Waals surface area (Å²) in [4.78, 5) is 25.9. The maximum atomic E-state index is 12.2. The molecule has 4 rings (SSSR count). The first-order chi connectivity index (χ1) is 12.5. The molecule has 7 heteroatoms. The molecular formula is C19H22N6O. The van der Waals surface area contributed by atoms with Gasteiger partial charge in [-0.05, 0) is 38.0 Å². The van der Waals surface area contributed by atoms with E-state index in [1.54, 1.807) is 12.4 Å². The van der Waals surface area contributed by atoms with Gasteiger partial charge in [0.05, 0.1) is 17.9 Å². The third kappa shape index (κ3) is 2.89. The van der Waals surface area contributed by atoms with Gasteiger partial charge < -0.3 is 15.0 Å². The van der Waals surface area contributed by atoms with Crippen LogP contribution in [0.3, 0.4) is 0 Å². The summed E-state index contributed by atoms with van der Waals surface area (Å²) in [5.41, 5.74) is 4.90. The highest BCUT2D eigenvalue weighted by atomic mass is 16.1. The molecule has 0 fully saturated rings. The van der Waals surface area contributed by atoms with Crippen molar-refractivity contribution in [1.82, 2.24) is 24.7 Å². The van der Waals surface area contributed by atoms with Crippen LogP contribution in [0.15, 0.2) is 30.7 Å². The highest BCUT2D eigenvalue weighted by Crippen LogP contribution is 2.33. The number of hydrogen-bond acceptors (Lipinski definition) is 5. The van der Waals surface area contributed by atoms with Crippen molar-refractivity contribution in [2.75, 3.05) is 5.32 Å². The SMILES string of the molecule is Cc1cccn2c3c(nc12)CNC(=O)C[C@@H]3c1cnc(NC(C)C)nc1. The number of fused-ring (bicyclic) bond motifs is 3. The highest BCUT2D eigenvalue weighted by molar-refractivity contribution is 5.78. The largest absolute Gasteiger partial charge is 0.352 e. The van der Waals surface area contributed by atoms with Gasteiger partial charge in [-0.2, -0.15) is 0 Å². The molecule has 7 nitrogen and oxygen atoms in total. The first-order valence-electron chi connectivity index (χ1n) is 8.84. The molecule has 3 aromatic heterocycles. The number of rotatable bonds is 3. The lowest BCUT2D eigenvalue weighted by Gasteiger charge is -2.16. The Balaban J connectivity index is 1.82. The molecule has 1 aliphatic heterocycles. The van der Waals surface area contributed by atoms with Gasteiger partial charge in [0.2, 0.25) is 11.9 Å². The number of hydrogen-bond donors (Lipinski definition) is 2. The van der Waals surface area contributed by atoms with E-state index >= 15 is 0 Å². The second-order valence-electron chi connectivity index (χ2n) is 7.00. The number of carbonyl (C=O) groups excluding carboxylic acids is 1. The maximum absolute atomic E-state index is 12.2. The fourth-order valence-electron chi connectivity index (χ4n) is 3.43. The van der Waals surface area contributed by atoms with Crippen LogP contribution < -0.4 is 10.6 Å². The Morgan fingerprint density at radius 1 is 1.31 bits per heavy atom. The standard InChI is InChI=1S/C19H22N6O/c1-11(2)23-19-21-8-13(9-22-19)14-7-16(26)20-10-15-17(14)25-6-4-5-12(3)18(25)24-15/h4-6,8-9,11,14H,7,10H2,1-3H3,(H,20,26)(H,21,22,23)/t14-/m1/s1. The van der Waals surface area contributed by atoms with Crippen molar-refractivity contribution in [3.05, 3.63) is 53.2 Å². The van der Waals surface area contributed by atoms with Crippen LogP contribution in [0.2, 0.25) is 0 Å². The van der Waals surface area contributed by atoms with E-state index < -0.39 is 0 Å². The second-order valence-corrected chi connectivity index (χ2v) is 7.00. The Morgan fingerprint density at radius 2 is 2.08 bits per heavy atom. The average Bonchev–Trinajstić information content (AvgIpc) is 2.90. The van der Waals surface area contributed by atoms with Gasteiger partial charge in [0, 0.05) is 37.0 Å². The normalized spacial score (nSPS) is 17.1. The molecule has 4 heterocycles. The van der Waals surface area contributed by atoms with Crippen molar-refractivity contribution in [2.45, 2.75) is 45.7 Å². The minimum atomic E-state index is -0.127. The van der Waals surface area contributed by atoms with Crippen molar-refractivity contribution in [2.24, 2.45) is 0 Å². The van der Waals surface area contributed by atoms with Gasteiger partial charge in [0.15, 0.2) is 0 Å². The lowest BCUT2D eigenvalue weighted by molar-refractivity contribution is -0.121. The summed E-state index contributed by atoms with van der Waals surface area (Å²) < 4.78 is 2.09. The van der Waals surface area contributed by atoms with Crippen molar-refractivity contribution in [3.63, 3.8) is 0 Å². The van der Waals surface area contributed by atoms with E-state index in [0.29, 0.717) is 18.9 Å². The third-order valence-corrected chi connectivity index (χ3v) is 4.62. The van der Waals surface area contributed by atoms with Crippen molar-refractivity contribution >= 4 is 17.5 Å².